The number of aryl methyl sites for hydroxylation is 2. The summed E-state index contributed by atoms with van der Waals surface area (Å²) in [6, 6.07) is 12.4. The lowest BCUT2D eigenvalue weighted by Gasteiger charge is -2.11. The van der Waals surface area contributed by atoms with Crippen LogP contribution in [0.15, 0.2) is 48.6 Å². The first kappa shape index (κ1) is 16.0. The van der Waals surface area contributed by atoms with Crippen LogP contribution in [0.1, 0.15) is 36.5 Å². The van der Waals surface area contributed by atoms with E-state index in [1.54, 1.807) is 0 Å². The number of nitrogen functional groups attached to an aromatic ring is 1. The van der Waals surface area contributed by atoms with E-state index in [1.807, 2.05) is 32.0 Å². The molecule has 2 aromatic rings. The molecule has 0 radical (unpaired) electrons. The quantitative estimate of drug-likeness (QED) is 0.440. The molecule has 0 fully saturated rings. The summed E-state index contributed by atoms with van der Waals surface area (Å²) in [5.74, 6) is 0. The number of nitrogens with one attached hydrogen (secondary N) is 1. The van der Waals surface area contributed by atoms with Crippen LogP contribution in [0.3, 0.4) is 0 Å². The van der Waals surface area contributed by atoms with Gasteiger partial charge in [0.25, 0.3) is 0 Å². The van der Waals surface area contributed by atoms with Gasteiger partial charge in [-0.1, -0.05) is 29.8 Å². The van der Waals surface area contributed by atoms with Crippen LogP contribution in [0.25, 0.3) is 11.1 Å². The average molecular weight is 292 g/mol. The second-order valence-corrected chi connectivity index (χ2v) is 6.04. The molecule has 0 saturated carbocycles. The van der Waals surface area contributed by atoms with Crippen molar-refractivity contribution in [2.45, 2.75) is 33.6 Å². The van der Waals surface area contributed by atoms with Gasteiger partial charge in [-0.05, 0) is 73.6 Å². The van der Waals surface area contributed by atoms with Gasteiger partial charge in [0.1, 0.15) is 0 Å². The number of hydrogen-bond donors (Lipinski definition) is 2. The molecule has 114 valence electrons. The smallest absolute Gasteiger partial charge is 0.0389 e. The first-order valence-electron chi connectivity index (χ1n) is 7.58. The molecule has 0 aliphatic rings. The summed E-state index contributed by atoms with van der Waals surface area (Å²) in [6.07, 6.45) is 1.61. The third-order valence-corrected chi connectivity index (χ3v) is 3.97. The molecule has 3 N–H and O–H groups in total. The molecule has 0 saturated heterocycles. The summed E-state index contributed by atoms with van der Waals surface area (Å²) in [5, 5.41) is 8.20. The Labute approximate surface area is 133 Å². The summed E-state index contributed by atoms with van der Waals surface area (Å²) in [7, 11) is 0. The lowest BCUT2D eigenvalue weighted by molar-refractivity contribution is 1.01. The zero-order valence-corrected chi connectivity index (χ0v) is 13.7. The average Bonchev–Trinajstić information content (AvgIpc) is 2.47. The maximum absolute atomic E-state index is 8.20. The Morgan fingerprint density at radius 2 is 1.77 bits per heavy atom. The summed E-state index contributed by atoms with van der Waals surface area (Å²) < 4.78 is 0. The van der Waals surface area contributed by atoms with Gasteiger partial charge in [-0.3, -0.25) is 0 Å². The normalized spacial score (nSPS) is 10.5. The van der Waals surface area contributed by atoms with E-state index < -0.39 is 0 Å². The van der Waals surface area contributed by atoms with E-state index in [9.17, 15) is 0 Å². The fraction of sp³-hybridized carbons (Fsp3) is 0.250. The van der Waals surface area contributed by atoms with E-state index in [-0.39, 0.29) is 0 Å². The Morgan fingerprint density at radius 3 is 2.36 bits per heavy atom. The highest BCUT2D eigenvalue weighted by Crippen LogP contribution is 2.27. The van der Waals surface area contributed by atoms with Gasteiger partial charge in [0.15, 0.2) is 0 Å². The standard InChI is InChI=1S/C20H24N2/c1-13(2)5-10-19(21)17-8-9-18(15(4)11-17)16-7-6-14(3)20(22)12-16/h6-9,11-12,21H,1,5,10,22H2,2-4H3. The van der Waals surface area contributed by atoms with Crippen molar-refractivity contribution in [1.82, 2.24) is 0 Å². The van der Waals surface area contributed by atoms with E-state index >= 15 is 0 Å². The van der Waals surface area contributed by atoms with Crippen molar-refractivity contribution in [2.24, 2.45) is 0 Å². The van der Waals surface area contributed by atoms with E-state index in [0.29, 0.717) is 5.71 Å². The van der Waals surface area contributed by atoms with E-state index in [0.717, 1.165) is 40.8 Å². The summed E-state index contributed by atoms with van der Waals surface area (Å²) in [6.45, 7) is 10.00. The summed E-state index contributed by atoms with van der Waals surface area (Å²) in [5.41, 5.74) is 14.2. The number of benzene rings is 2. The lowest BCUT2D eigenvalue weighted by Crippen LogP contribution is -2.00. The van der Waals surface area contributed by atoms with Gasteiger partial charge in [0, 0.05) is 11.4 Å². The van der Waals surface area contributed by atoms with Crippen molar-refractivity contribution in [3.8, 4) is 11.1 Å². The maximum Gasteiger partial charge on any atom is 0.0389 e. The molecule has 22 heavy (non-hydrogen) atoms. The van der Waals surface area contributed by atoms with Gasteiger partial charge in [-0.2, -0.15) is 0 Å². The molecule has 0 unspecified atom stereocenters. The van der Waals surface area contributed by atoms with Gasteiger partial charge in [-0.25, -0.2) is 0 Å². The second kappa shape index (κ2) is 6.61. The minimum atomic E-state index is 0.668. The monoisotopic (exact) mass is 292 g/mol. The van der Waals surface area contributed by atoms with Crippen LogP contribution in [-0.2, 0) is 0 Å². The second-order valence-electron chi connectivity index (χ2n) is 6.04. The summed E-state index contributed by atoms with van der Waals surface area (Å²) >= 11 is 0. The predicted octanol–water partition coefficient (Wildman–Crippen LogP) is 5.28. The molecular formula is C20H24N2. The van der Waals surface area contributed by atoms with Gasteiger partial charge in [-0.15, -0.1) is 6.58 Å². The van der Waals surface area contributed by atoms with Crippen LogP contribution in [-0.4, -0.2) is 5.71 Å². The van der Waals surface area contributed by atoms with Gasteiger partial charge >= 0.3 is 0 Å². The van der Waals surface area contributed by atoms with E-state index in [2.05, 4.69) is 31.7 Å². The molecular weight excluding hydrogens is 268 g/mol. The zero-order chi connectivity index (χ0) is 16.3. The molecule has 2 nitrogen and oxygen atoms in total. The number of anilines is 1. The van der Waals surface area contributed by atoms with Gasteiger partial charge in [0.05, 0.1) is 0 Å². The highest BCUT2D eigenvalue weighted by molar-refractivity contribution is 5.99. The largest absolute Gasteiger partial charge is 0.398 e. The number of nitrogens with two attached hydrogens (primary N) is 1. The molecule has 0 aromatic heterocycles. The fourth-order valence-electron chi connectivity index (χ4n) is 2.47. The maximum atomic E-state index is 8.20. The van der Waals surface area contributed by atoms with Crippen LogP contribution in [0.5, 0.6) is 0 Å². The van der Waals surface area contributed by atoms with E-state index in [4.69, 9.17) is 11.1 Å². The number of rotatable bonds is 5. The Hall–Kier alpha value is -2.35. The van der Waals surface area contributed by atoms with Crippen LogP contribution in [0.4, 0.5) is 5.69 Å². The highest BCUT2D eigenvalue weighted by Gasteiger charge is 2.07. The third kappa shape index (κ3) is 3.64. The van der Waals surface area contributed by atoms with Gasteiger partial charge in [0.2, 0.25) is 0 Å². The molecule has 0 spiro atoms. The van der Waals surface area contributed by atoms with Crippen LogP contribution >= 0.6 is 0 Å². The van der Waals surface area contributed by atoms with Crippen molar-refractivity contribution < 1.29 is 0 Å². The Morgan fingerprint density at radius 1 is 1.05 bits per heavy atom. The minimum Gasteiger partial charge on any atom is -0.398 e. The first-order chi connectivity index (χ1) is 10.4. The topological polar surface area (TPSA) is 49.9 Å². The van der Waals surface area contributed by atoms with Crippen LogP contribution in [0.2, 0.25) is 0 Å². The molecule has 2 heteroatoms. The van der Waals surface area contributed by atoms with Crippen LogP contribution < -0.4 is 5.73 Å². The molecule has 2 aromatic carbocycles. The molecule has 0 aliphatic carbocycles. The number of hydrogen-bond acceptors (Lipinski definition) is 2. The minimum absolute atomic E-state index is 0.668. The Balaban J connectivity index is 2.27. The highest BCUT2D eigenvalue weighted by atomic mass is 14.6. The SMILES string of the molecule is C=C(C)CCC(=N)c1ccc(-c2ccc(C)c(N)c2)c(C)c1. The Bertz CT molecular complexity index is 726. The lowest BCUT2D eigenvalue weighted by atomic mass is 9.94. The van der Waals surface area contributed by atoms with Crippen molar-refractivity contribution >= 4 is 11.4 Å². The van der Waals surface area contributed by atoms with Crippen molar-refractivity contribution in [1.29, 1.82) is 5.41 Å². The predicted molar refractivity (Wildman–Crippen MR) is 96.6 cm³/mol. The van der Waals surface area contributed by atoms with Gasteiger partial charge < -0.3 is 11.1 Å². The van der Waals surface area contributed by atoms with Crippen LogP contribution in [0, 0.1) is 19.3 Å². The molecule has 0 bridgehead atoms. The molecule has 0 atom stereocenters. The molecule has 0 aliphatic heterocycles. The zero-order valence-electron chi connectivity index (χ0n) is 13.7. The molecule has 2 rings (SSSR count). The van der Waals surface area contributed by atoms with E-state index in [1.165, 1.54) is 11.1 Å². The van der Waals surface area contributed by atoms with Crippen molar-refractivity contribution in [2.75, 3.05) is 5.73 Å². The molecule has 0 amide bonds. The van der Waals surface area contributed by atoms with Crippen molar-refractivity contribution in [3.63, 3.8) is 0 Å². The number of allylic oxidation sites excluding steroid dienone is 1. The first-order valence-corrected chi connectivity index (χ1v) is 7.58. The molecule has 0 heterocycles. The fourth-order valence-corrected chi connectivity index (χ4v) is 2.47. The summed E-state index contributed by atoms with van der Waals surface area (Å²) in [4.78, 5) is 0. The van der Waals surface area contributed by atoms with Crippen molar-refractivity contribution in [3.05, 3.63) is 65.2 Å². The Kier molecular flexibility index (Phi) is 4.81. The third-order valence-electron chi connectivity index (χ3n) is 3.97.